The van der Waals surface area contributed by atoms with Crippen molar-refractivity contribution in [3.05, 3.63) is 52.8 Å². The number of benzene rings is 1. The first-order valence-electron chi connectivity index (χ1n) is 5.43. The third-order valence-electron chi connectivity index (χ3n) is 2.45. The highest BCUT2D eigenvalue weighted by molar-refractivity contribution is 9.10. The number of pyridine rings is 1. The second-order valence-electron chi connectivity index (χ2n) is 3.83. The van der Waals surface area contributed by atoms with Gasteiger partial charge in [0.05, 0.1) is 17.1 Å². The summed E-state index contributed by atoms with van der Waals surface area (Å²) in [5.41, 5.74) is 6.77. The number of nitrogen functional groups attached to an aromatic ring is 1. The summed E-state index contributed by atoms with van der Waals surface area (Å²) in [4.78, 5) is 4.21. The van der Waals surface area contributed by atoms with E-state index in [4.69, 9.17) is 5.73 Å². The number of halogens is 1. The van der Waals surface area contributed by atoms with Gasteiger partial charge in [0.2, 0.25) is 10.0 Å². The van der Waals surface area contributed by atoms with Crippen LogP contribution in [0, 0.1) is 0 Å². The summed E-state index contributed by atoms with van der Waals surface area (Å²) >= 11 is 3.20. The van der Waals surface area contributed by atoms with Gasteiger partial charge in [0.25, 0.3) is 0 Å². The van der Waals surface area contributed by atoms with Crippen LogP contribution in [0.5, 0.6) is 0 Å². The highest BCUT2D eigenvalue weighted by atomic mass is 79.9. The summed E-state index contributed by atoms with van der Waals surface area (Å²) in [6.07, 6.45) is 1.61. The fourth-order valence-corrected chi connectivity index (χ4v) is 2.99. The maximum atomic E-state index is 12.1. The first-order chi connectivity index (χ1) is 8.99. The molecule has 1 aromatic heterocycles. The van der Waals surface area contributed by atoms with Gasteiger partial charge in [-0.05, 0) is 46.3 Å². The van der Waals surface area contributed by atoms with Gasteiger partial charge in [-0.15, -0.1) is 0 Å². The maximum Gasteiger partial charge on any atom is 0.240 e. The van der Waals surface area contributed by atoms with Crippen molar-refractivity contribution in [3.63, 3.8) is 0 Å². The Kier molecular flexibility index (Phi) is 4.18. The van der Waals surface area contributed by atoms with Gasteiger partial charge in [-0.3, -0.25) is 4.98 Å². The Hall–Kier alpha value is -1.44. The summed E-state index contributed by atoms with van der Waals surface area (Å²) < 4.78 is 27.2. The minimum Gasteiger partial charge on any atom is -0.398 e. The molecule has 0 spiro atoms. The van der Waals surface area contributed by atoms with E-state index in [9.17, 15) is 8.42 Å². The van der Waals surface area contributed by atoms with Crippen LogP contribution in [0.3, 0.4) is 0 Å². The third kappa shape index (κ3) is 3.52. The summed E-state index contributed by atoms with van der Waals surface area (Å²) in [6, 6.07) is 9.79. The van der Waals surface area contributed by atoms with Gasteiger partial charge in [0, 0.05) is 16.4 Å². The second kappa shape index (κ2) is 5.68. The average Bonchev–Trinajstić information content (AvgIpc) is 2.41. The van der Waals surface area contributed by atoms with E-state index in [1.807, 2.05) is 0 Å². The van der Waals surface area contributed by atoms with Crippen molar-refractivity contribution in [2.75, 3.05) is 5.73 Å². The van der Waals surface area contributed by atoms with Crippen molar-refractivity contribution < 1.29 is 8.42 Å². The number of sulfonamides is 1. The fourth-order valence-electron chi connectivity index (χ4n) is 1.43. The van der Waals surface area contributed by atoms with Crippen LogP contribution in [0.2, 0.25) is 0 Å². The first-order valence-corrected chi connectivity index (χ1v) is 7.71. The van der Waals surface area contributed by atoms with Crippen molar-refractivity contribution in [2.45, 2.75) is 11.4 Å². The molecule has 5 nitrogen and oxygen atoms in total. The molecule has 2 rings (SSSR count). The number of hydrogen-bond donors (Lipinski definition) is 2. The van der Waals surface area contributed by atoms with E-state index in [1.54, 1.807) is 30.5 Å². The SMILES string of the molecule is Nc1ccc(S(=O)(=O)NCc2ccccn2)cc1Br. The molecule has 0 amide bonds. The second-order valence-corrected chi connectivity index (χ2v) is 6.45. The Balaban J connectivity index is 2.16. The average molecular weight is 342 g/mol. The Morgan fingerprint density at radius 3 is 2.68 bits per heavy atom. The molecule has 0 bridgehead atoms. The Morgan fingerprint density at radius 2 is 2.05 bits per heavy atom. The molecule has 3 N–H and O–H groups in total. The molecule has 100 valence electrons. The molecule has 1 aromatic carbocycles. The number of nitrogens with two attached hydrogens (primary N) is 1. The van der Waals surface area contributed by atoms with Crippen molar-refractivity contribution in [2.24, 2.45) is 0 Å². The molecule has 0 saturated heterocycles. The lowest BCUT2D eigenvalue weighted by atomic mass is 10.3. The molecule has 2 aromatic rings. The molecular weight excluding hydrogens is 330 g/mol. The number of anilines is 1. The molecule has 0 aliphatic carbocycles. The van der Waals surface area contributed by atoms with E-state index in [2.05, 4.69) is 25.6 Å². The van der Waals surface area contributed by atoms with Gasteiger partial charge in [-0.2, -0.15) is 0 Å². The lowest BCUT2D eigenvalue weighted by Crippen LogP contribution is -2.23. The number of nitrogens with one attached hydrogen (secondary N) is 1. The highest BCUT2D eigenvalue weighted by Crippen LogP contribution is 2.22. The minimum atomic E-state index is -3.57. The zero-order valence-electron chi connectivity index (χ0n) is 9.88. The van der Waals surface area contributed by atoms with Crippen molar-refractivity contribution in [1.82, 2.24) is 9.71 Å². The molecule has 7 heteroatoms. The van der Waals surface area contributed by atoms with Crippen molar-refractivity contribution in [3.8, 4) is 0 Å². The monoisotopic (exact) mass is 341 g/mol. The topological polar surface area (TPSA) is 85.1 Å². The van der Waals surface area contributed by atoms with Gasteiger partial charge in [-0.25, -0.2) is 13.1 Å². The maximum absolute atomic E-state index is 12.1. The Bertz CT molecular complexity index is 675. The third-order valence-corrected chi connectivity index (χ3v) is 4.54. The number of rotatable bonds is 4. The first kappa shape index (κ1) is 14.0. The van der Waals surface area contributed by atoms with Gasteiger partial charge < -0.3 is 5.73 Å². The predicted octanol–water partition coefficient (Wildman–Crippen LogP) is 1.90. The zero-order valence-corrected chi connectivity index (χ0v) is 12.3. The number of hydrogen-bond acceptors (Lipinski definition) is 4. The van der Waals surface area contributed by atoms with Crippen LogP contribution in [0.25, 0.3) is 0 Å². The van der Waals surface area contributed by atoms with Gasteiger partial charge >= 0.3 is 0 Å². The molecule has 0 radical (unpaired) electrons. The van der Waals surface area contributed by atoms with E-state index in [1.165, 1.54) is 12.1 Å². The number of aromatic nitrogens is 1. The zero-order chi connectivity index (χ0) is 13.9. The van der Waals surface area contributed by atoms with Gasteiger partial charge in [0.15, 0.2) is 0 Å². The van der Waals surface area contributed by atoms with Crippen LogP contribution in [0.15, 0.2) is 52.0 Å². The van der Waals surface area contributed by atoms with Crippen LogP contribution in [0.4, 0.5) is 5.69 Å². The quantitative estimate of drug-likeness (QED) is 0.831. The number of nitrogens with zero attached hydrogens (tertiary/aromatic N) is 1. The normalized spacial score (nSPS) is 11.4. The van der Waals surface area contributed by atoms with E-state index in [0.717, 1.165) is 0 Å². The molecule has 0 aliphatic heterocycles. The van der Waals surface area contributed by atoms with Crippen LogP contribution in [-0.4, -0.2) is 13.4 Å². The standard InChI is InChI=1S/C12H12BrN3O2S/c13-11-7-10(4-5-12(11)14)19(17,18)16-8-9-3-1-2-6-15-9/h1-7,16H,8,14H2. The van der Waals surface area contributed by atoms with E-state index in [-0.39, 0.29) is 11.4 Å². The Morgan fingerprint density at radius 1 is 1.26 bits per heavy atom. The van der Waals surface area contributed by atoms with Crippen molar-refractivity contribution in [1.29, 1.82) is 0 Å². The largest absolute Gasteiger partial charge is 0.398 e. The fraction of sp³-hybridized carbons (Fsp3) is 0.0833. The summed E-state index contributed by atoms with van der Waals surface area (Å²) in [5, 5.41) is 0. The Labute approximate surface area is 120 Å². The molecule has 0 saturated carbocycles. The highest BCUT2D eigenvalue weighted by Gasteiger charge is 2.14. The van der Waals surface area contributed by atoms with Crippen LogP contribution < -0.4 is 10.5 Å². The van der Waals surface area contributed by atoms with E-state index >= 15 is 0 Å². The molecule has 0 fully saturated rings. The van der Waals surface area contributed by atoms with Gasteiger partial charge in [0.1, 0.15) is 0 Å². The van der Waals surface area contributed by atoms with Crippen LogP contribution in [0.1, 0.15) is 5.69 Å². The molecule has 0 aliphatic rings. The molecule has 1 heterocycles. The van der Waals surface area contributed by atoms with Crippen molar-refractivity contribution >= 4 is 31.6 Å². The van der Waals surface area contributed by atoms with Crippen LogP contribution in [-0.2, 0) is 16.6 Å². The smallest absolute Gasteiger partial charge is 0.240 e. The molecular formula is C12H12BrN3O2S. The minimum absolute atomic E-state index is 0.144. The summed E-state index contributed by atoms with van der Waals surface area (Å²) in [6.45, 7) is 0.144. The van der Waals surface area contributed by atoms with E-state index in [0.29, 0.717) is 15.9 Å². The lowest BCUT2D eigenvalue weighted by Gasteiger charge is -2.07. The predicted molar refractivity (Wildman–Crippen MR) is 76.8 cm³/mol. The molecule has 19 heavy (non-hydrogen) atoms. The summed E-state index contributed by atoms with van der Waals surface area (Å²) in [5.74, 6) is 0. The lowest BCUT2D eigenvalue weighted by molar-refractivity contribution is 0.580. The summed E-state index contributed by atoms with van der Waals surface area (Å²) in [7, 11) is -3.57. The van der Waals surface area contributed by atoms with Gasteiger partial charge in [-0.1, -0.05) is 6.07 Å². The van der Waals surface area contributed by atoms with E-state index < -0.39 is 10.0 Å². The van der Waals surface area contributed by atoms with Crippen LogP contribution >= 0.6 is 15.9 Å². The molecule has 0 atom stereocenters. The molecule has 0 unspecified atom stereocenters.